The Bertz CT molecular complexity index is 301. The van der Waals surface area contributed by atoms with E-state index in [0.29, 0.717) is 17.5 Å². The summed E-state index contributed by atoms with van der Waals surface area (Å²) < 4.78 is 17.7. The van der Waals surface area contributed by atoms with Crippen molar-refractivity contribution < 1.29 is 9.13 Å². The Balaban J connectivity index is 2.95. The van der Waals surface area contributed by atoms with E-state index in [4.69, 9.17) is 16.3 Å². The summed E-state index contributed by atoms with van der Waals surface area (Å²) in [4.78, 5) is 0. The number of rotatable bonds is 4. The van der Waals surface area contributed by atoms with E-state index in [0.717, 1.165) is 11.3 Å². The highest BCUT2D eigenvalue weighted by molar-refractivity contribution is 6.31. The molecule has 0 heterocycles. The van der Waals surface area contributed by atoms with Gasteiger partial charge in [-0.3, -0.25) is 4.39 Å². The van der Waals surface area contributed by atoms with Gasteiger partial charge >= 0.3 is 0 Å². The highest BCUT2D eigenvalue weighted by atomic mass is 35.5. The topological polar surface area (TPSA) is 9.23 Å². The molecule has 1 aromatic carbocycles. The van der Waals surface area contributed by atoms with Crippen LogP contribution < -0.4 is 4.74 Å². The Hall–Kier alpha value is -0.760. The van der Waals surface area contributed by atoms with Gasteiger partial charge in [-0.15, -0.1) is 0 Å². The maximum Gasteiger partial charge on any atom is 0.119 e. The summed E-state index contributed by atoms with van der Waals surface area (Å²) >= 11 is 5.93. The minimum Gasteiger partial charge on any atom is -0.494 e. The molecule has 3 heteroatoms. The van der Waals surface area contributed by atoms with Gasteiger partial charge in [-0.05, 0) is 30.7 Å². The molecule has 0 N–H and O–H groups in total. The molecule has 0 aliphatic heterocycles. The summed E-state index contributed by atoms with van der Waals surface area (Å²) in [7, 11) is 0. The van der Waals surface area contributed by atoms with Crippen LogP contribution >= 0.6 is 11.6 Å². The monoisotopic (exact) mass is 215 g/mol. The quantitative estimate of drug-likeness (QED) is 0.745. The molecule has 1 nitrogen and oxygen atoms in total. The van der Waals surface area contributed by atoms with Crippen molar-refractivity contribution in [2.45, 2.75) is 13.8 Å². The molecular weight excluding hydrogens is 203 g/mol. The van der Waals surface area contributed by atoms with Crippen LogP contribution in [-0.2, 0) is 0 Å². The number of hydrogen-bond donors (Lipinski definition) is 0. The van der Waals surface area contributed by atoms with Crippen LogP contribution in [-0.4, -0.2) is 13.3 Å². The summed E-state index contributed by atoms with van der Waals surface area (Å²) in [5, 5.41) is 0.559. The van der Waals surface area contributed by atoms with Crippen LogP contribution in [0.25, 0.3) is 0 Å². The molecule has 14 heavy (non-hydrogen) atoms. The van der Waals surface area contributed by atoms with Crippen molar-refractivity contribution >= 4 is 11.6 Å². The molecule has 0 aliphatic rings. The molecule has 1 aromatic rings. The predicted molar refractivity (Wildman–Crippen MR) is 56.6 cm³/mol. The van der Waals surface area contributed by atoms with Crippen LogP contribution in [0.4, 0.5) is 4.39 Å². The summed E-state index contributed by atoms with van der Waals surface area (Å²) in [6, 6.07) is 5.27. The van der Waals surface area contributed by atoms with E-state index in [2.05, 4.69) is 0 Å². The lowest BCUT2D eigenvalue weighted by Gasteiger charge is -2.11. The van der Waals surface area contributed by atoms with Crippen molar-refractivity contribution in [1.82, 2.24) is 0 Å². The molecule has 0 atom stereocenters. The Morgan fingerprint density at radius 2 is 2.21 bits per heavy atom. The van der Waals surface area contributed by atoms with Gasteiger partial charge in [0.25, 0.3) is 0 Å². The lowest BCUT2D eigenvalue weighted by molar-refractivity contribution is 0.340. The second-order valence-electron chi connectivity index (χ2n) is 2.99. The Morgan fingerprint density at radius 3 is 2.79 bits per heavy atom. The Morgan fingerprint density at radius 1 is 1.50 bits per heavy atom. The third-order valence-electron chi connectivity index (χ3n) is 1.91. The highest BCUT2D eigenvalue weighted by Crippen LogP contribution is 2.28. The molecule has 0 saturated carbocycles. The minimum absolute atomic E-state index is 0.491. The van der Waals surface area contributed by atoms with E-state index in [-0.39, 0.29) is 0 Å². The van der Waals surface area contributed by atoms with Gasteiger partial charge in [0.15, 0.2) is 0 Å². The normalized spacial score (nSPS) is 10.6. The van der Waals surface area contributed by atoms with Gasteiger partial charge in [-0.25, -0.2) is 0 Å². The first-order valence-corrected chi connectivity index (χ1v) is 4.88. The molecule has 0 amide bonds. The van der Waals surface area contributed by atoms with Gasteiger partial charge in [-0.2, -0.15) is 0 Å². The Labute approximate surface area is 88.8 Å². The first-order valence-electron chi connectivity index (χ1n) is 4.50. The van der Waals surface area contributed by atoms with Gasteiger partial charge in [0.2, 0.25) is 0 Å². The first kappa shape index (κ1) is 11.3. The molecule has 0 fully saturated rings. The van der Waals surface area contributed by atoms with Crippen LogP contribution in [0.5, 0.6) is 5.75 Å². The molecule has 0 aromatic heterocycles. The van der Waals surface area contributed by atoms with Crippen molar-refractivity contribution in [3.63, 3.8) is 0 Å². The number of hydrogen-bond acceptors (Lipinski definition) is 1. The van der Waals surface area contributed by atoms with Crippen molar-refractivity contribution in [3.8, 4) is 5.75 Å². The van der Waals surface area contributed by atoms with Gasteiger partial charge < -0.3 is 4.74 Å². The number of ether oxygens (including phenoxy) is 1. The molecule has 0 saturated heterocycles. The summed E-state index contributed by atoms with van der Waals surface area (Å²) in [5.74, 6) is 1.34. The molecule has 77 valence electrons. The first-order chi connectivity index (χ1) is 6.69. The van der Waals surface area contributed by atoms with Crippen LogP contribution in [0, 0.1) is 5.92 Å². The molecule has 0 spiro atoms. The zero-order valence-corrected chi connectivity index (χ0v) is 9.07. The highest BCUT2D eigenvalue weighted by Gasteiger charge is 2.11. The third kappa shape index (κ3) is 2.61. The second-order valence-corrected chi connectivity index (χ2v) is 3.40. The fraction of sp³-hybridized carbons (Fsp3) is 0.364. The van der Waals surface area contributed by atoms with E-state index >= 15 is 0 Å². The third-order valence-corrected chi connectivity index (χ3v) is 2.24. The van der Waals surface area contributed by atoms with Gasteiger partial charge in [0.05, 0.1) is 13.3 Å². The fourth-order valence-electron chi connectivity index (χ4n) is 1.16. The SMILES string of the molecule is CCOc1ccc(Cl)c([C](C)CF)c1. The van der Waals surface area contributed by atoms with Crippen molar-refractivity contribution in [1.29, 1.82) is 0 Å². The summed E-state index contributed by atoms with van der Waals surface area (Å²) in [5.41, 5.74) is 0.722. The lowest BCUT2D eigenvalue weighted by atomic mass is 10.0. The number of alkyl halides is 1. The van der Waals surface area contributed by atoms with E-state index < -0.39 is 6.67 Å². The van der Waals surface area contributed by atoms with E-state index in [1.807, 2.05) is 6.92 Å². The maximum atomic E-state index is 12.4. The summed E-state index contributed by atoms with van der Waals surface area (Å²) in [6.45, 7) is 3.72. The molecule has 0 bridgehead atoms. The van der Waals surface area contributed by atoms with Gasteiger partial charge in [0, 0.05) is 10.9 Å². The average molecular weight is 216 g/mol. The number of halogens is 2. The minimum atomic E-state index is -0.491. The fourth-order valence-corrected chi connectivity index (χ4v) is 1.44. The lowest BCUT2D eigenvalue weighted by Crippen LogP contribution is -1.99. The Kier molecular flexibility index (Phi) is 4.21. The van der Waals surface area contributed by atoms with E-state index in [1.54, 1.807) is 25.1 Å². The largest absolute Gasteiger partial charge is 0.494 e. The zero-order chi connectivity index (χ0) is 10.6. The smallest absolute Gasteiger partial charge is 0.119 e. The van der Waals surface area contributed by atoms with Crippen molar-refractivity contribution in [2.24, 2.45) is 0 Å². The van der Waals surface area contributed by atoms with Gasteiger partial charge in [0.1, 0.15) is 5.75 Å². The second kappa shape index (κ2) is 5.20. The molecule has 0 aliphatic carbocycles. The summed E-state index contributed by atoms with van der Waals surface area (Å²) in [6.07, 6.45) is 0. The average Bonchev–Trinajstić information content (AvgIpc) is 2.20. The van der Waals surface area contributed by atoms with E-state index in [9.17, 15) is 4.39 Å². The van der Waals surface area contributed by atoms with Crippen molar-refractivity contribution in [2.75, 3.05) is 13.3 Å². The predicted octanol–water partition coefficient (Wildman–Crippen LogP) is 3.65. The van der Waals surface area contributed by atoms with Crippen molar-refractivity contribution in [3.05, 3.63) is 34.7 Å². The molecule has 1 radical (unpaired) electrons. The van der Waals surface area contributed by atoms with Gasteiger partial charge in [-0.1, -0.05) is 18.5 Å². The van der Waals surface area contributed by atoms with Crippen LogP contribution in [0.15, 0.2) is 18.2 Å². The zero-order valence-electron chi connectivity index (χ0n) is 8.31. The maximum absolute atomic E-state index is 12.4. The molecule has 0 unspecified atom stereocenters. The molecular formula is C11H13ClFO. The standard InChI is InChI=1S/C11H13ClFO/c1-3-14-9-4-5-11(12)10(6-9)8(2)7-13/h4-6H,3,7H2,1-2H3. The van der Waals surface area contributed by atoms with Crippen LogP contribution in [0.3, 0.4) is 0 Å². The number of benzene rings is 1. The van der Waals surface area contributed by atoms with Crippen LogP contribution in [0.2, 0.25) is 5.02 Å². The van der Waals surface area contributed by atoms with E-state index in [1.165, 1.54) is 0 Å². The molecule has 1 rings (SSSR count). The van der Waals surface area contributed by atoms with Crippen LogP contribution in [0.1, 0.15) is 19.4 Å².